The van der Waals surface area contributed by atoms with Crippen molar-refractivity contribution in [2.45, 2.75) is 6.54 Å². The highest BCUT2D eigenvalue weighted by Crippen LogP contribution is 2.31. The van der Waals surface area contributed by atoms with E-state index in [4.69, 9.17) is 0 Å². The van der Waals surface area contributed by atoms with Gasteiger partial charge in [-0.05, 0) is 59.7 Å². The topological polar surface area (TPSA) is 53.6 Å². The summed E-state index contributed by atoms with van der Waals surface area (Å²) in [7, 11) is 0. The van der Waals surface area contributed by atoms with Gasteiger partial charge in [0.05, 0.1) is 11.9 Å². The molecule has 6 heteroatoms. The molecule has 2 heterocycles. The summed E-state index contributed by atoms with van der Waals surface area (Å²) in [5.74, 6) is 0.119. The first-order chi connectivity index (χ1) is 13.2. The van der Waals surface area contributed by atoms with Crippen LogP contribution in [0, 0.1) is 11.6 Å². The van der Waals surface area contributed by atoms with Gasteiger partial charge in [0.15, 0.2) is 0 Å². The molecule has 0 aliphatic carbocycles. The van der Waals surface area contributed by atoms with E-state index in [1.54, 1.807) is 30.6 Å². The van der Waals surface area contributed by atoms with Crippen LogP contribution in [-0.4, -0.2) is 15.2 Å². The summed E-state index contributed by atoms with van der Waals surface area (Å²) in [5.41, 5.74) is 4.28. The molecule has 2 aromatic carbocycles. The fraction of sp³-hybridized carbons (Fsp3) is 0.0476. The second kappa shape index (κ2) is 7.37. The minimum absolute atomic E-state index is 0.265. The zero-order valence-electron chi connectivity index (χ0n) is 14.3. The number of aromatic amines is 1. The number of H-pyrrole nitrogens is 1. The zero-order chi connectivity index (χ0) is 18.6. The number of nitrogens with zero attached hydrogens (tertiary/aromatic N) is 2. The Labute approximate surface area is 154 Å². The van der Waals surface area contributed by atoms with Gasteiger partial charge in [0, 0.05) is 23.9 Å². The highest BCUT2D eigenvalue weighted by atomic mass is 19.1. The van der Waals surface area contributed by atoms with Crippen LogP contribution in [-0.2, 0) is 6.54 Å². The summed E-state index contributed by atoms with van der Waals surface area (Å²) in [5, 5.41) is 10.3. The zero-order valence-corrected chi connectivity index (χ0v) is 14.3. The van der Waals surface area contributed by atoms with Crippen LogP contribution in [0.4, 0.5) is 14.6 Å². The largest absolute Gasteiger partial charge is 0.366 e. The quantitative estimate of drug-likeness (QED) is 0.524. The molecule has 0 saturated heterocycles. The lowest BCUT2D eigenvalue weighted by Crippen LogP contribution is -2.01. The van der Waals surface area contributed by atoms with Crippen LogP contribution in [0.2, 0.25) is 0 Å². The van der Waals surface area contributed by atoms with E-state index in [1.165, 1.54) is 24.3 Å². The standard InChI is InChI=1S/C21H16F2N4/c22-17-6-4-15(5-7-17)21-19(13-26-27-21)16-8-9-24-20(11-16)25-12-14-2-1-3-18(23)10-14/h1-11,13H,12H2,(H,24,25)(H,26,27). The molecule has 0 saturated carbocycles. The Kier molecular flexibility index (Phi) is 4.61. The lowest BCUT2D eigenvalue weighted by atomic mass is 10.0. The summed E-state index contributed by atoms with van der Waals surface area (Å²) in [4.78, 5) is 4.32. The second-order valence-corrected chi connectivity index (χ2v) is 6.08. The van der Waals surface area contributed by atoms with Crippen molar-refractivity contribution in [3.05, 3.63) is 90.3 Å². The third-order valence-corrected chi connectivity index (χ3v) is 4.21. The molecule has 134 valence electrons. The summed E-state index contributed by atoms with van der Waals surface area (Å²) >= 11 is 0. The Hall–Kier alpha value is -3.54. The van der Waals surface area contributed by atoms with Crippen molar-refractivity contribution in [3.8, 4) is 22.4 Å². The fourth-order valence-electron chi connectivity index (χ4n) is 2.88. The fourth-order valence-corrected chi connectivity index (χ4v) is 2.88. The summed E-state index contributed by atoms with van der Waals surface area (Å²) < 4.78 is 26.5. The van der Waals surface area contributed by atoms with Crippen LogP contribution >= 0.6 is 0 Å². The minimum Gasteiger partial charge on any atom is -0.366 e. The molecule has 0 bridgehead atoms. The van der Waals surface area contributed by atoms with Crippen LogP contribution in [0.5, 0.6) is 0 Å². The van der Waals surface area contributed by atoms with Crippen molar-refractivity contribution in [2.24, 2.45) is 0 Å². The first kappa shape index (κ1) is 16.9. The summed E-state index contributed by atoms with van der Waals surface area (Å²) in [6.07, 6.45) is 3.43. The van der Waals surface area contributed by atoms with Crippen molar-refractivity contribution in [3.63, 3.8) is 0 Å². The normalized spacial score (nSPS) is 10.7. The van der Waals surface area contributed by atoms with Crippen molar-refractivity contribution in [1.29, 1.82) is 0 Å². The lowest BCUT2D eigenvalue weighted by molar-refractivity contribution is 0.625. The van der Waals surface area contributed by atoms with Crippen LogP contribution in [0.25, 0.3) is 22.4 Å². The minimum atomic E-state index is -0.285. The monoisotopic (exact) mass is 362 g/mol. The van der Waals surface area contributed by atoms with Gasteiger partial charge >= 0.3 is 0 Å². The van der Waals surface area contributed by atoms with E-state index < -0.39 is 0 Å². The first-order valence-corrected chi connectivity index (χ1v) is 8.43. The van der Waals surface area contributed by atoms with E-state index >= 15 is 0 Å². The average Bonchev–Trinajstić information content (AvgIpc) is 3.17. The number of halogens is 2. The van der Waals surface area contributed by atoms with Gasteiger partial charge in [-0.2, -0.15) is 5.10 Å². The van der Waals surface area contributed by atoms with E-state index in [0.29, 0.717) is 12.4 Å². The maximum Gasteiger partial charge on any atom is 0.126 e. The molecule has 2 N–H and O–H groups in total. The van der Waals surface area contributed by atoms with Crippen molar-refractivity contribution in [2.75, 3.05) is 5.32 Å². The summed E-state index contributed by atoms with van der Waals surface area (Å²) in [6.45, 7) is 0.463. The molecule has 4 nitrogen and oxygen atoms in total. The molecule has 2 aromatic heterocycles. The van der Waals surface area contributed by atoms with Crippen molar-refractivity contribution in [1.82, 2.24) is 15.2 Å². The molecule has 0 radical (unpaired) electrons. The first-order valence-electron chi connectivity index (χ1n) is 8.43. The van der Waals surface area contributed by atoms with E-state index in [9.17, 15) is 8.78 Å². The third kappa shape index (κ3) is 3.84. The number of nitrogens with one attached hydrogen (secondary N) is 2. The SMILES string of the molecule is Fc1ccc(-c2[nH]ncc2-c2ccnc(NCc3cccc(F)c3)c2)cc1. The number of aromatic nitrogens is 3. The van der Waals surface area contributed by atoms with Crippen LogP contribution in [0.1, 0.15) is 5.56 Å². The molecular weight excluding hydrogens is 346 g/mol. The molecule has 0 aliphatic rings. The molecule has 4 rings (SSSR count). The third-order valence-electron chi connectivity index (χ3n) is 4.21. The maximum absolute atomic E-state index is 13.3. The van der Waals surface area contributed by atoms with Gasteiger partial charge in [0.25, 0.3) is 0 Å². The van der Waals surface area contributed by atoms with Gasteiger partial charge < -0.3 is 5.32 Å². The predicted octanol–water partition coefficient (Wildman–Crippen LogP) is 5.03. The number of pyridine rings is 1. The molecule has 0 fully saturated rings. The van der Waals surface area contributed by atoms with Crippen LogP contribution < -0.4 is 5.32 Å². The van der Waals surface area contributed by atoms with E-state index in [1.807, 2.05) is 18.2 Å². The smallest absolute Gasteiger partial charge is 0.126 e. The molecular formula is C21H16F2N4. The average molecular weight is 362 g/mol. The van der Waals surface area contributed by atoms with E-state index in [0.717, 1.165) is 27.9 Å². The number of rotatable bonds is 5. The number of hydrogen-bond acceptors (Lipinski definition) is 3. The molecule has 0 atom stereocenters. The van der Waals surface area contributed by atoms with Crippen molar-refractivity contribution < 1.29 is 8.78 Å². The second-order valence-electron chi connectivity index (χ2n) is 6.08. The Morgan fingerprint density at radius 2 is 1.74 bits per heavy atom. The lowest BCUT2D eigenvalue weighted by Gasteiger charge is -2.08. The number of benzene rings is 2. The predicted molar refractivity (Wildman–Crippen MR) is 101 cm³/mol. The Morgan fingerprint density at radius 3 is 2.56 bits per heavy atom. The number of anilines is 1. The van der Waals surface area contributed by atoms with Gasteiger partial charge in [0.2, 0.25) is 0 Å². The Morgan fingerprint density at radius 1 is 0.889 bits per heavy atom. The van der Waals surface area contributed by atoms with Crippen LogP contribution in [0.3, 0.4) is 0 Å². The molecule has 4 aromatic rings. The summed E-state index contributed by atoms with van der Waals surface area (Å²) in [6, 6.07) is 16.4. The molecule has 0 aliphatic heterocycles. The van der Waals surface area contributed by atoms with Gasteiger partial charge in [-0.25, -0.2) is 13.8 Å². The van der Waals surface area contributed by atoms with Gasteiger partial charge in [-0.15, -0.1) is 0 Å². The van der Waals surface area contributed by atoms with Gasteiger partial charge in [0.1, 0.15) is 17.5 Å². The molecule has 0 amide bonds. The Bertz CT molecular complexity index is 1060. The highest BCUT2D eigenvalue weighted by Gasteiger charge is 2.11. The number of hydrogen-bond donors (Lipinski definition) is 2. The molecule has 0 spiro atoms. The van der Waals surface area contributed by atoms with Crippen molar-refractivity contribution >= 4 is 5.82 Å². The maximum atomic E-state index is 13.3. The van der Waals surface area contributed by atoms with E-state index in [-0.39, 0.29) is 11.6 Å². The highest BCUT2D eigenvalue weighted by molar-refractivity contribution is 5.81. The van der Waals surface area contributed by atoms with E-state index in [2.05, 4.69) is 20.5 Å². The van der Waals surface area contributed by atoms with Crippen LogP contribution in [0.15, 0.2) is 73.1 Å². The van der Waals surface area contributed by atoms with Gasteiger partial charge in [-0.1, -0.05) is 12.1 Å². The van der Waals surface area contributed by atoms with Gasteiger partial charge in [-0.3, -0.25) is 5.10 Å². The Balaban J connectivity index is 1.58. The molecule has 0 unspecified atom stereocenters. The molecule has 27 heavy (non-hydrogen) atoms.